The van der Waals surface area contributed by atoms with Crippen molar-refractivity contribution in [2.45, 2.75) is 0 Å². The molecule has 0 saturated carbocycles. The number of carbonyl (C=O) groups is 1. The van der Waals surface area contributed by atoms with Crippen LogP contribution in [0.25, 0.3) is 0 Å². The number of rotatable bonds is 4. The monoisotopic (exact) mass is 290 g/mol. The van der Waals surface area contributed by atoms with Crippen LogP contribution in [-0.4, -0.2) is 20.1 Å². The molecule has 0 aromatic heterocycles. The number of amides is 1. The molecule has 2 aromatic rings. The van der Waals surface area contributed by atoms with E-state index in [-0.39, 0.29) is 5.91 Å². The van der Waals surface area contributed by atoms with Gasteiger partial charge in [0.25, 0.3) is 5.91 Å². The Morgan fingerprint density at radius 2 is 1.95 bits per heavy atom. The van der Waals surface area contributed by atoms with Gasteiger partial charge in [0.2, 0.25) is 0 Å². The third-order valence-corrected chi connectivity index (χ3v) is 3.16. The maximum absolute atomic E-state index is 12.3. The summed E-state index contributed by atoms with van der Waals surface area (Å²) in [6, 6.07) is 12.4. The van der Waals surface area contributed by atoms with Gasteiger partial charge < -0.3 is 15.4 Å². The van der Waals surface area contributed by atoms with E-state index in [0.29, 0.717) is 22.0 Å². The maximum Gasteiger partial charge on any atom is 0.257 e. The Morgan fingerprint density at radius 1 is 1.20 bits per heavy atom. The van der Waals surface area contributed by atoms with E-state index in [1.54, 1.807) is 31.3 Å². The quantitative estimate of drug-likeness (QED) is 0.904. The van der Waals surface area contributed by atoms with Crippen molar-refractivity contribution in [3.05, 3.63) is 53.1 Å². The summed E-state index contributed by atoms with van der Waals surface area (Å²) < 4.78 is 5.12. The fourth-order valence-corrected chi connectivity index (χ4v) is 2.03. The molecule has 0 atom stereocenters. The highest BCUT2D eigenvalue weighted by Gasteiger charge is 2.11. The SMILES string of the molecule is CNc1ccccc1C(=O)Nc1ccc(Cl)c(OC)c1. The number of anilines is 2. The molecule has 20 heavy (non-hydrogen) atoms. The van der Waals surface area contributed by atoms with Crippen molar-refractivity contribution >= 4 is 28.9 Å². The van der Waals surface area contributed by atoms with Crippen LogP contribution in [0.2, 0.25) is 5.02 Å². The number of hydrogen-bond donors (Lipinski definition) is 2. The molecule has 4 nitrogen and oxygen atoms in total. The van der Waals surface area contributed by atoms with Crippen molar-refractivity contribution in [2.24, 2.45) is 0 Å². The fourth-order valence-electron chi connectivity index (χ4n) is 1.84. The van der Waals surface area contributed by atoms with Gasteiger partial charge in [0.05, 0.1) is 17.7 Å². The third-order valence-electron chi connectivity index (χ3n) is 2.85. The summed E-state index contributed by atoms with van der Waals surface area (Å²) in [6.07, 6.45) is 0. The zero-order valence-corrected chi connectivity index (χ0v) is 12.0. The van der Waals surface area contributed by atoms with Gasteiger partial charge in [-0.1, -0.05) is 23.7 Å². The van der Waals surface area contributed by atoms with E-state index >= 15 is 0 Å². The standard InChI is InChI=1S/C15H15ClN2O2/c1-17-13-6-4-3-5-11(13)15(19)18-10-7-8-12(16)14(9-10)20-2/h3-9,17H,1-2H3,(H,18,19). The molecule has 104 valence electrons. The Morgan fingerprint density at radius 3 is 2.65 bits per heavy atom. The Labute approximate surface area is 122 Å². The van der Waals surface area contributed by atoms with Gasteiger partial charge in [-0.25, -0.2) is 0 Å². The van der Waals surface area contributed by atoms with Gasteiger partial charge in [0, 0.05) is 24.5 Å². The van der Waals surface area contributed by atoms with Crippen LogP contribution in [0.4, 0.5) is 11.4 Å². The molecule has 0 bridgehead atoms. The van der Waals surface area contributed by atoms with Crippen LogP contribution < -0.4 is 15.4 Å². The van der Waals surface area contributed by atoms with Crippen LogP contribution >= 0.6 is 11.6 Å². The van der Waals surface area contributed by atoms with Gasteiger partial charge in [-0.05, 0) is 24.3 Å². The van der Waals surface area contributed by atoms with E-state index in [1.165, 1.54) is 7.11 Å². The number of hydrogen-bond acceptors (Lipinski definition) is 3. The number of methoxy groups -OCH3 is 1. The predicted molar refractivity (Wildman–Crippen MR) is 81.9 cm³/mol. The van der Waals surface area contributed by atoms with Crippen LogP contribution in [0, 0.1) is 0 Å². The number of halogens is 1. The fraction of sp³-hybridized carbons (Fsp3) is 0.133. The van der Waals surface area contributed by atoms with Gasteiger partial charge >= 0.3 is 0 Å². The third kappa shape index (κ3) is 3.03. The number of benzene rings is 2. The number of para-hydroxylation sites is 1. The van der Waals surface area contributed by atoms with Crippen molar-refractivity contribution in [2.75, 3.05) is 24.8 Å². The van der Waals surface area contributed by atoms with Gasteiger partial charge in [-0.2, -0.15) is 0 Å². The highest BCUT2D eigenvalue weighted by Crippen LogP contribution is 2.28. The van der Waals surface area contributed by atoms with E-state index in [2.05, 4.69) is 10.6 Å². The Balaban J connectivity index is 2.23. The van der Waals surface area contributed by atoms with E-state index in [1.807, 2.05) is 18.2 Å². The molecule has 0 fully saturated rings. The van der Waals surface area contributed by atoms with Crippen LogP contribution in [0.1, 0.15) is 10.4 Å². The van der Waals surface area contributed by atoms with Crippen molar-refractivity contribution in [3.63, 3.8) is 0 Å². The average Bonchev–Trinajstić information content (AvgIpc) is 2.49. The molecule has 0 unspecified atom stereocenters. The van der Waals surface area contributed by atoms with Crippen LogP contribution in [-0.2, 0) is 0 Å². The maximum atomic E-state index is 12.3. The Hall–Kier alpha value is -2.20. The smallest absolute Gasteiger partial charge is 0.257 e. The predicted octanol–water partition coefficient (Wildman–Crippen LogP) is 3.64. The molecule has 0 aliphatic rings. The summed E-state index contributed by atoms with van der Waals surface area (Å²) in [5, 5.41) is 6.31. The molecule has 0 aliphatic carbocycles. The molecule has 5 heteroatoms. The van der Waals surface area contributed by atoms with Gasteiger partial charge in [0.15, 0.2) is 0 Å². The highest BCUT2D eigenvalue weighted by molar-refractivity contribution is 6.32. The highest BCUT2D eigenvalue weighted by atomic mass is 35.5. The molecule has 0 heterocycles. The molecule has 1 amide bonds. The Bertz CT molecular complexity index is 629. The molecule has 0 aliphatic heterocycles. The van der Waals surface area contributed by atoms with Crippen LogP contribution in [0.15, 0.2) is 42.5 Å². The summed E-state index contributed by atoms with van der Waals surface area (Å²) in [4.78, 5) is 12.3. The average molecular weight is 291 g/mol. The lowest BCUT2D eigenvalue weighted by atomic mass is 10.1. The zero-order chi connectivity index (χ0) is 14.5. The molecular formula is C15H15ClN2O2. The van der Waals surface area contributed by atoms with E-state index in [4.69, 9.17) is 16.3 Å². The summed E-state index contributed by atoms with van der Waals surface area (Å²) in [5.41, 5.74) is 1.97. The van der Waals surface area contributed by atoms with Crippen molar-refractivity contribution in [3.8, 4) is 5.75 Å². The van der Waals surface area contributed by atoms with Crippen molar-refractivity contribution < 1.29 is 9.53 Å². The van der Waals surface area contributed by atoms with Gasteiger partial charge in [-0.3, -0.25) is 4.79 Å². The first-order valence-corrected chi connectivity index (χ1v) is 6.45. The van der Waals surface area contributed by atoms with E-state index in [9.17, 15) is 4.79 Å². The molecule has 2 aromatic carbocycles. The molecule has 0 saturated heterocycles. The minimum absolute atomic E-state index is 0.195. The van der Waals surface area contributed by atoms with Gasteiger partial charge in [0.1, 0.15) is 5.75 Å². The first-order valence-electron chi connectivity index (χ1n) is 6.07. The minimum Gasteiger partial charge on any atom is -0.495 e. The number of carbonyl (C=O) groups excluding carboxylic acids is 1. The Kier molecular flexibility index (Phi) is 4.48. The molecule has 2 rings (SSSR count). The first kappa shape index (κ1) is 14.2. The minimum atomic E-state index is -0.195. The zero-order valence-electron chi connectivity index (χ0n) is 11.2. The second kappa shape index (κ2) is 6.30. The number of nitrogens with one attached hydrogen (secondary N) is 2. The summed E-state index contributed by atoms with van der Waals surface area (Å²) in [6.45, 7) is 0. The largest absolute Gasteiger partial charge is 0.495 e. The molecular weight excluding hydrogens is 276 g/mol. The topological polar surface area (TPSA) is 50.4 Å². The van der Waals surface area contributed by atoms with Crippen molar-refractivity contribution in [1.29, 1.82) is 0 Å². The molecule has 0 radical (unpaired) electrons. The lowest BCUT2D eigenvalue weighted by molar-refractivity contribution is 0.102. The first-order chi connectivity index (χ1) is 9.65. The molecule has 0 spiro atoms. The van der Waals surface area contributed by atoms with E-state index in [0.717, 1.165) is 5.69 Å². The summed E-state index contributed by atoms with van der Waals surface area (Å²) in [7, 11) is 3.31. The summed E-state index contributed by atoms with van der Waals surface area (Å²) in [5.74, 6) is 0.325. The van der Waals surface area contributed by atoms with Crippen molar-refractivity contribution in [1.82, 2.24) is 0 Å². The lowest BCUT2D eigenvalue weighted by Gasteiger charge is -2.11. The van der Waals surface area contributed by atoms with Gasteiger partial charge in [-0.15, -0.1) is 0 Å². The van der Waals surface area contributed by atoms with Crippen LogP contribution in [0.5, 0.6) is 5.75 Å². The second-order valence-electron chi connectivity index (χ2n) is 4.10. The summed E-state index contributed by atoms with van der Waals surface area (Å²) >= 11 is 5.95. The molecule has 2 N–H and O–H groups in total. The number of ether oxygens (including phenoxy) is 1. The normalized spacial score (nSPS) is 9.95. The van der Waals surface area contributed by atoms with E-state index < -0.39 is 0 Å². The van der Waals surface area contributed by atoms with Crippen LogP contribution in [0.3, 0.4) is 0 Å². The lowest BCUT2D eigenvalue weighted by Crippen LogP contribution is -2.13. The second-order valence-corrected chi connectivity index (χ2v) is 4.51.